The maximum atomic E-state index is 8.14. The molecule has 4 N–H and O–H groups in total. The number of hydrogen-bond acceptors (Lipinski definition) is 7. The van der Waals surface area contributed by atoms with Gasteiger partial charge in [0, 0.05) is 48.3 Å². The number of aromatic nitrogens is 2. The zero-order chi connectivity index (χ0) is 23.2. The van der Waals surface area contributed by atoms with Gasteiger partial charge in [0.2, 0.25) is 5.95 Å². The lowest BCUT2D eigenvalue weighted by Gasteiger charge is -2.42. The Hall–Kier alpha value is -3.45. The normalized spacial score (nSPS) is 20.6. The van der Waals surface area contributed by atoms with Crippen LogP contribution >= 0.6 is 0 Å². The lowest BCUT2D eigenvalue weighted by atomic mass is 10.1. The van der Waals surface area contributed by atoms with Gasteiger partial charge in [0.25, 0.3) is 0 Å². The molecule has 172 valence electrons. The molecule has 0 radical (unpaired) electrons. The Bertz CT molecular complexity index is 1030. The lowest BCUT2D eigenvalue weighted by molar-refractivity contribution is 0.169. The number of hydrogen-bond donors (Lipinski definition) is 3. The Morgan fingerprint density at radius 1 is 1.18 bits per heavy atom. The molecule has 2 fully saturated rings. The highest BCUT2D eigenvalue weighted by atomic mass is 15.3. The van der Waals surface area contributed by atoms with Crippen LogP contribution in [-0.4, -0.2) is 52.3 Å². The molecule has 2 saturated heterocycles. The van der Waals surface area contributed by atoms with Gasteiger partial charge in [0.15, 0.2) is 0 Å². The number of rotatable bonds is 9. The molecule has 3 heterocycles. The summed E-state index contributed by atoms with van der Waals surface area (Å²) in [4.78, 5) is 14.1. The average Bonchev–Trinajstić information content (AvgIpc) is 3.06. The average molecular weight is 444 g/mol. The van der Waals surface area contributed by atoms with Crippen LogP contribution in [0, 0.1) is 5.41 Å². The second-order valence-electron chi connectivity index (χ2n) is 8.60. The van der Waals surface area contributed by atoms with Crippen LogP contribution in [-0.2, 0) is 0 Å². The number of benzene rings is 1. The van der Waals surface area contributed by atoms with Crippen molar-refractivity contribution in [1.29, 1.82) is 5.41 Å². The standard InChI is InChI=1S/C26H33N7/c1-3-16-33-22-11-12-23(33)18-32(17-22)21-9-7-20(8-10-21)30-26-29-15-13-25(31-26)19(2)24(28)6-4-5-14-27/h4-10,13-15,22-23,28H,2-3,11-12,16-18,27H2,1H3,(H,29,30,31)/b6-4+,14-5-,28-24?. The number of nitrogens with one attached hydrogen (secondary N) is 2. The van der Waals surface area contributed by atoms with Crippen molar-refractivity contribution in [2.24, 2.45) is 5.73 Å². The Morgan fingerprint density at radius 2 is 1.91 bits per heavy atom. The van der Waals surface area contributed by atoms with E-state index in [1.165, 1.54) is 37.7 Å². The van der Waals surface area contributed by atoms with Crippen LogP contribution in [0.2, 0.25) is 0 Å². The first-order valence-corrected chi connectivity index (χ1v) is 11.6. The molecule has 7 heteroatoms. The lowest BCUT2D eigenvalue weighted by Crippen LogP contribution is -2.53. The fourth-order valence-electron chi connectivity index (χ4n) is 4.75. The largest absolute Gasteiger partial charge is 0.405 e. The summed E-state index contributed by atoms with van der Waals surface area (Å²) in [7, 11) is 0. The summed E-state index contributed by atoms with van der Waals surface area (Å²) in [5.41, 5.74) is 8.92. The van der Waals surface area contributed by atoms with E-state index in [1.54, 1.807) is 30.5 Å². The Balaban J connectivity index is 1.39. The van der Waals surface area contributed by atoms with E-state index in [0.717, 1.165) is 18.8 Å². The van der Waals surface area contributed by atoms with Crippen molar-refractivity contribution in [2.75, 3.05) is 29.9 Å². The van der Waals surface area contributed by atoms with Gasteiger partial charge in [-0.15, -0.1) is 0 Å². The number of allylic oxidation sites excluding steroid dienone is 4. The molecule has 1 aromatic heterocycles. The van der Waals surface area contributed by atoms with Gasteiger partial charge in [-0.05, 0) is 74.5 Å². The van der Waals surface area contributed by atoms with Gasteiger partial charge >= 0.3 is 0 Å². The number of nitrogens with zero attached hydrogens (tertiary/aromatic N) is 4. The Morgan fingerprint density at radius 3 is 2.58 bits per heavy atom. The maximum absolute atomic E-state index is 8.14. The van der Waals surface area contributed by atoms with E-state index in [4.69, 9.17) is 11.1 Å². The minimum atomic E-state index is 0.273. The van der Waals surface area contributed by atoms with Crippen LogP contribution in [0.4, 0.5) is 17.3 Å². The molecular weight excluding hydrogens is 410 g/mol. The number of anilines is 3. The van der Waals surface area contributed by atoms with Crippen molar-refractivity contribution in [1.82, 2.24) is 14.9 Å². The van der Waals surface area contributed by atoms with Crippen LogP contribution in [0.3, 0.4) is 0 Å². The van der Waals surface area contributed by atoms with Crippen molar-refractivity contribution in [3.63, 3.8) is 0 Å². The minimum Gasteiger partial charge on any atom is -0.405 e. The van der Waals surface area contributed by atoms with Crippen LogP contribution < -0.4 is 16.0 Å². The first-order chi connectivity index (χ1) is 16.1. The van der Waals surface area contributed by atoms with Crippen molar-refractivity contribution in [2.45, 2.75) is 38.3 Å². The second kappa shape index (κ2) is 10.4. The quantitative estimate of drug-likeness (QED) is 0.394. The molecule has 7 nitrogen and oxygen atoms in total. The maximum Gasteiger partial charge on any atom is 0.227 e. The summed E-state index contributed by atoms with van der Waals surface area (Å²) in [5, 5.41) is 11.4. The third-order valence-electron chi connectivity index (χ3n) is 6.38. The highest BCUT2D eigenvalue weighted by Gasteiger charge is 2.39. The number of piperazine rings is 1. The summed E-state index contributed by atoms with van der Waals surface area (Å²) >= 11 is 0. The SMILES string of the molecule is C=C(C(=N)/C=C/C=C\N)c1ccnc(Nc2ccc(N3CC4CCC(C3)N4CCC)cc2)n1. The van der Waals surface area contributed by atoms with E-state index in [-0.39, 0.29) is 5.71 Å². The molecule has 2 unspecified atom stereocenters. The summed E-state index contributed by atoms with van der Waals surface area (Å²) in [6.07, 6.45) is 11.9. The smallest absolute Gasteiger partial charge is 0.227 e. The Labute approximate surface area is 196 Å². The predicted molar refractivity (Wildman–Crippen MR) is 137 cm³/mol. The van der Waals surface area contributed by atoms with Gasteiger partial charge in [-0.1, -0.05) is 19.6 Å². The predicted octanol–water partition coefficient (Wildman–Crippen LogP) is 4.34. The van der Waals surface area contributed by atoms with Crippen molar-refractivity contribution >= 4 is 28.6 Å². The van der Waals surface area contributed by atoms with Crippen LogP contribution in [0.15, 0.2) is 67.5 Å². The summed E-state index contributed by atoms with van der Waals surface area (Å²) in [5.74, 6) is 0.478. The first kappa shape index (κ1) is 22.7. The topological polar surface area (TPSA) is 94.2 Å². The summed E-state index contributed by atoms with van der Waals surface area (Å²) < 4.78 is 0. The number of fused-ring (bicyclic) bond motifs is 2. The first-order valence-electron chi connectivity index (χ1n) is 11.6. The van der Waals surface area contributed by atoms with Gasteiger partial charge in [0.1, 0.15) is 0 Å². The van der Waals surface area contributed by atoms with E-state index in [9.17, 15) is 0 Å². The molecule has 0 saturated carbocycles. The fourth-order valence-corrected chi connectivity index (χ4v) is 4.75. The zero-order valence-electron chi connectivity index (χ0n) is 19.2. The molecule has 2 aromatic rings. The van der Waals surface area contributed by atoms with Crippen molar-refractivity contribution in [3.05, 3.63) is 73.2 Å². The van der Waals surface area contributed by atoms with Crippen molar-refractivity contribution < 1.29 is 0 Å². The highest BCUT2D eigenvalue weighted by Crippen LogP contribution is 2.33. The van der Waals surface area contributed by atoms with Gasteiger partial charge in [0.05, 0.1) is 11.4 Å². The van der Waals surface area contributed by atoms with Crippen LogP contribution in [0.25, 0.3) is 5.57 Å². The van der Waals surface area contributed by atoms with E-state index in [0.29, 0.717) is 29.3 Å². The molecule has 33 heavy (non-hydrogen) atoms. The van der Waals surface area contributed by atoms with E-state index < -0.39 is 0 Å². The fraction of sp³-hybridized carbons (Fsp3) is 0.346. The molecule has 2 aliphatic heterocycles. The minimum absolute atomic E-state index is 0.273. The molecule has 2 bridgehead atoms. The molecule has 0 spiro atoms. The van der Waals surface area contributed by atoms with E-state index >= 15 is 0 Å². The molecule has 2 aliphatic rings. The molecule has 1 aromatic carbocycles. The van der Waals surface area contributed by atoms with Gasteiger partial charge < -0.3 is 21.4 Å². The molecule has 0 amide bonds. The van der Waals surface area contributed by atoms with Crippen LogP contribution in [0.5, 0.6) is 0 Å². The van der Waals surface area contributed by atoms with Gasteiger partial charge in [-0.3, -0.25) is 4.90 Å². The molecule has 2 atom stereocenters. The molecule has 0 aliphatic carbocycles. The van der Waals surface area contributed by atoms with Crippen LogP contribution in [0.1, 0.15) is 31.9 Å². The number of nitrogens with two attached hydrogens (primary N) is 1. The highest BCUT2D eigenvalue weighted by molar-refractivity contribution is 6.26. The summed E-state index contributed by atoms with van der Waals surface area (Å²) in [6, 6.07) is 11.6. The Kier molecular flexibility index (Phi) is 7.19. The zero-order valence-corrected chi connectivity index (χ0v) is 19.2. The molecule has 4 rings (SSSR count). The monoisotopic (exact) mass is 443 g/mol. The molecular formula is C26H33N7. The van der Waals surface area contributed by atoms with Crippen molar-refractivity contribution in [3.8, 4) is 0 Å². The van der Waals surface area contributed by atoms with Gasteiger partial charge in [-0.2, -0.15) is 0 Å². The third-order valence-corrected chi connectivity index (χ3v) is 6.38. The second-order valence-corrected chi connectivity index (χ2v) is 8.60. The van der Waals surface area contributed by atoms with E-state index in [1.807, 2.05) is 0 Å². The summed E-state index contributed by atoms with van der Waals surface area (Å²) in [6.45, 7) is 9.70. The van der Waals surface area contributed by atoms with E-state index in [2.05, 4.69) is 62.9 Å². The van der Waals surface area contributed by atoms with Gasteiger partial charge in [-0.25, -0.2) is 9.97 Å². The third kappa shape index (κ3) is 5.31.